The molecule has 1 N–H and O–H groups in total. The molecule has 5 heteroatoms. The topological polar surface area (TPSA) is 52.7 Å². The Labute approximate surface area is 165 Å². The Balaban J connectivity index is 1.24. The fourth-order valence-electron chi connectivity index (χ4n) is 3.72. The monoisotopic (exact) mass is 381 g/mol. The van der Waals surface area contributed by atoms with Crippen LogP contribution in [0.3, 0.4) is 0 Å². The van der Waals surface area contributed by atoms with Crippen LogP contribution in [0.2, 0.25) is 0 Å². The zero-order valence-electron chi connectivity index (χ0n) is 16.5. The number of H-pyrrole nitrogens is 1. The van der Waals surface area contributed by atoms with Gasteiger partial charge in [-0.15, -0.1) is 0 Å². The third-order valence-electron chi connectivity index (χ3n) is 5.32. The lowest BCUT2D eigenvalue weighted by Gasteiger charge is -2.26. The van der Waals surface area contributed by atoms with Gasteiger partial charge >= 0.3 is 0 Å². The largest absolute Gasteiger partial charge is 0.497 e. The Kier molecular flexibility index (Phi) is 5.60. The fraction of sp³-hybridized carbons (Fsp3) is 0.391. The van der Waals surface area contributed by atoms with Crippen LogP contribution in [0.1, 0.15) is 31.2 Å². The van der Waals surface area contributed by atoms with Crippen LogP contribution in [-0.4, -0.2) is 31.9 Å². The van der Waals surface area contributed by atoms with E-state index >= 15 is 0 Å². The number of methoxy groups -OCH3 is 2. The van der Waals surface area contributed by atoms with Crippen LogP contribution in [0.15, 0.2) is 42.6 Å². The molecule has 0 fully saturated rings. The molecule has 5 nitrogen and oxygen atoms in total. The van der Waals surface area contributed by atoms with Crippen LogP contribution in [0.4, 0.5) is 0 Å². The van der Waals surface area contributed by atoms with Crippen molar-refractivity contribution < 1.29 is 18.9 Å². The van der Waals surface area contributed by atoms with Crippen molar-refractivity contribution in [2.75, 3.05) is 20.8 Å². The van der Waals surface area contributed by atoms with Gasteiger partial charge in [-0.1, -0.05) is 6.42 Å². The summed E-state index contributed by atoms with van der Waals surface area (Å²) >= 11 is 0. The maximum Gasteiger partial charge on any atom is 0.165 e. The van der Waals surface area contributed by atoms with Crippen molar-refractivity contribution in [1.82, 2.24) is 4.98 Å². The van der Waals surface area contributed by atoms with Gasteiger partial charge in [-0.2, -0.15) is 0 Å². The van der Waals surface area contributed by atoms with E-state index in [0.29, 0.717) is 6.61 Å². The highest BCUT2D eigenvalue weighted by Crippen LogP contribution is 2.35. The van der Waals surface area contributed by atoms with Gasteiger partial charge in [-0.05, 0) is 61.6 Å². The van der Waals surface area contributed by atoms with Crippen LogP contribution in [0.25, 0.3) is 10.9 Å². The Morgan fingerprint density at radius 1 is 0.964 bits per heavy atom. The summed E-state index contributed by atoms with van der Waals surface area (Å²) in [5, 5.41) is 1.26. The zero-order valence-corrected chi connectivity index (χ0v) is 16.5. The predicted molar refractivity (Wildman–Crippen MR) is 110 cm³/mol. The second-order valence-electron chi connectivity index (χ2n) is 7.19. The SMILES string of the molecule is COc1ccc2c(c1)OC(CCCCCc1c[nH]c3ccc(OC)cc13)CO2. The number of hydrogen-bond acceptors (Lipinski definition) is 4. The van der Waals surface area contributed by atoms with Crippen LogP contribution >= 0.6 is 0 Å². The van der Waals surface area contributed by atoms with Gasteiger partial charge in [0.2, 0.25) is 0 Å². The molecule has 1 aromatic heterocycles. The summed E-state index contributed by atoms with van der Waals surface area (Å²) in [6.45, 7) is 0.613. The number of ether oxygens (including phenoxy) is 4. The molecule has 2 aromatic carbocycles. The van der Waals surface area contributed by atoms with Crippen molar-refractivity contribution in [3.8, 4) is 23.0 Å². The van der Waals surface area contributed by atoms with Gasteiger partial charge in [-0.25, -0.2) is 0 Å². The van der Waals surface area contributed by atoms with Gasteiger partial charge in [0.05, 0.1) is 14.2 Å². The third kappa shape index (κ3) is 4.03. The smallest absolute Gasteiger partial charge is 0.165 e. The summed E-state index contributed by atoms with van der Waals surface area (Å²) in [5.74, 6) is 3.27. The van der Waals surface area contributed by atoms with Crippen molar-refractivity contribution >= 4 is 10.9 Å². The second kappa shape index (κ2) is 8.46. The first kappa shape index (κ1) is 18.5. The molecule has 0 amide bonds. The van der Waals surface area contributed by atoms with E-state index in [4.69, 9.17) is 18.9 Å². The average molecular weight is 381 g/mol. The van der Waals surface area contributed by atoms with E-state index in [0.717, 1.165) is 54.2 Å². The maximum atomic E-state index is 6.09. The van der Waals surface area contributed by atoms with Crippen LogP contribution < -0.4 is 18.9 Å². The number of aryl methyl sites for hydroxylation is 1. The van der Waals surface area contributed by atoms with Crippen LogP contribution in [0, 0.1) is 0 Å². The number of nitrogens with one attached hydrogen (secondary N) is 1. The quantitative estimate of drug-likeness (QED) is 0.550. The maximum absolute atomic E-state index is 6.09. The highest BCUT2D eigenvalue weighted by molar-refractivity contribution is 5.84. The lowest BCUT2D eigenvalue weighted by Crippen LogP contribution is -2.28. The second-order valence-corrected chi connectivity index (χ2v) is 7.19. The van der Waals surface area contributed by atoms with Gasteiger partial charge in [0.25, 0.3) is 0 Å². The van der Waals surface area contributed by atoms with Crippen molar-refractivity contribution in [3.63, 3.8) is 0 Å². The lowest BCUT2D eigenvalue weighted by atomic mass is 10.0. The molecule has 0 saturated heterocycles. The summed E-state index contributed by atoms with van der Waals surface area (Å²) in [6, 6.07) is 11.9. The molecule has 1 atom stereocenters. The molecular weight excluding hydrogens is 354 g/mol. The summed E-state index contributed by atoms with van der Waals surface area (Å²) in [5.41, 5.74) is 2.52. The third-order valence-corrected chi connectivity index (χ3v) is 5.32. The number of hydrogen-bond donors (Lipinski definition) is 1. The molecule has 3 aromatic rings. The van der Waals surface area contributed by atoms with Crippen LogP contribution in [0.5, 0.6) is 23.0 Å². The van der Waals surface area contributed by atoms with E-state index in [9.17, 15) is 0 Å². The molecule has 148 valence electrons. The molecule has 4 rings (SSSR count). The van der Waals surface area contributed by atoms with E-state index in [1.165, 1.54) is 17.4 Å². The van der Waals surface area contributed by atoms with Crippen molar-refractivity contribution in [1.29, 1.82) is 0 Å². The van der Waals surface area contributed by atoms with Gasteiger partial charge in [0, 0.05) is 23.2 Å². The first-order valence-corrected chi connectivity index (χ1v) is 9.88. The molecule has 0 radical (unpaired) electrons. The molecule has 28 heavy (non-hydrogen) atoms. The average Bonchev–Trinajstić information content (AvgIpc) is 3.15. The Morgan fingerprint density at radius 2 is 1.79 bits per heavy atom. The molecule has 2 heterocycles. The minimum absolute atomic E-state index is 0.108. The van der Waals surface area contributed by atoms with E-state index in [1.54, 1.807) is 14.2 Å². The number of benzene rings is 2. The van der Waals surface area contributed by atoms with E-state index in [2.05, 4.69) is 23.3 Å². The number of aromatic amines is 1. The molecule has 0 aliphatic carbocycles. The first-order chi connectivity index (χ1) is 13.8. The molecule has 0 spiro atoms. The number of aromatic nitrogens is 1. The minimum Gasteiger partial charge on any atom is -0.497 e. The normalized spacial score (nSPS) is 15.6. The van der Waals surface area contributed by atoms with Gasteiger partial charge < -0.3 is 23.9 Å². The Hall–Kier alpha value is -2.82. The van der Waals surface area contributed by atoms with Gasteiger partial charge in [0.1, 0.15) is 24.2 Å². The molecular formula is C23H27NO4. The standard InChI is InChI=1S/C23H27NO4/c1-25-17-8-10-21-20(12-17)16(14-24-21)6-4-3-5-7-19-15-27-22-11-9-18(26-2)13-23(22)28-19/h8-14,19,24H,3-7,15H2,1-2H3. The highest BCUT2D eigenvalue weighted by Gasteiger charge is 2.21. The number of rotatable bonds is 8. The lowest BCUT2D eigenvalue weighted by molar-refractivity contribution is 0.0825. The summed E-state index contributed by atoms with van der Waals surface area (Å²) in [6.07, 6.45) is 7.74. The molecule has 1 aliphatic heterocycles. The summed E-state index contributed by atoms with van der Waals surface area (Å²) in [7, 11) is 3.37. The Morgan fingerprint density at radius 3 is 2.64 bits per heavy atom. The van der Waals surface area contributed by atoms with Crippen LogP contribution in [-0.2, 0) is 6.42 Å². The van der Waals surface area contributed by atoms with Gasteiger partial charge in [0.15, 0.2) is 11.5 Å². The van der Waals surface area contributed by atoms with Gasteiger partial charge in [-0.3, -0.25) is 0 Å². The highest BCUT2D eigenvalue weighted by atomic mass is 16.6. The van der Waals surface area contributed by atoms with E-state index in [1.807, 2.05) is 24.3 Å². The summed E-state index contributed by atoms with van der Waals surface area (Å²) in [4.78, 5) is 3.35. The van der Waals surface area contributed by atoms with E-state index < -0.39 is 0 Å². The Bertz CT molecular complexity index is 933. The van der Waals surface area contributed by atoms with Crippen molar-refractivity contribution in [2.24, 2.45) is 0 Å². The molecule has 0 bridgehead atoms. The molecule has 1 unspecified atom stereocenters. The molecule has 1 aliphatic rings. The number of unbranched alkanes of at least 4 members (excludes halogenated alkanes) is 2. The van der Waals surface area contributed by atoms with E-state index in [-0.39, 0.29) is 6.10 Å². The first-order valence-electron chi connectivity index (χ1n) is 9.88. The van der Waals surface area contributed by atoms with Crippen molar-refractivity contribution in [2.45, 2.75) is 38.2 Å². The molecule has 0 saturated carbocycles. The zero-order chi connectivity index (χ0) is 19.3. The summed E-state index contributed by atoms with van der Waals surface area (Å²) < 4.78 is 22.5. The minimum atomic E-state index is 0.108. The predicted octanol–water partition coefficient (Wildman–Crippen LogP) is 5.13. The fourth-order valence-corrected chi connectivity index (χ4v) is 3.72. The number of fused-ring (bicyclic) bond motifs is 2. The van der Waals surface area contributed by atoms with Crippen molar-refractivity contribution in [3.05, 3.63) is 48.2 Å².